The lowest BCUT2D eigenvalue weighted by Crippen LogP contribution is -2.35. The lowest BCUT2D eigenvalue weighted by Gasteiger charge is -2.27. The molecule has 1 heterocycles. The molecule has 1 aromatic heterocycles. The van der Waals surface area contributed by atoms with Crippen LogP contribution in [0.5, 0.6) is 5.75 Å². The average Bonchev–Trinajstić information content (AvgIpc) is 3.01. The van der Waals surface area contributed by atoms with Crippen LogP contribution in [0.25, 0.3) is 0 Å². The minimum absolute atomic E-state index is 0.606. The van der Waals surface area contributed by atoms with Crippen LogP contribution in [0.4, 0.5) is 0 Å². The molecule has 0 spiro atoms. The Kier molecular flexibility index (Phi) is 4.94. The third kappa shape index (κ3) is 3.66. The third-order valence-corrected chi connectivity index (χ3v) is 5.06. The van der Waals surface area contributed by atoms with Gasteiger partial charge < -0.3 is 10.1 Å². The molecule has 0 aliphatic heterocycles. The normalized spacial score (nSPS) is 17.5. The summed E-state index contributed by atoms with van der Waals surface area (Å²) >= 11 is 1.85. The molecule has 0 amide bonds. The molecule has 0 unspecified atom stereocenters. The summed E-state index contributed by atoms with van der Waals surface area (Å²) in [4.78, 5) is 1.47. The summed E-state index contributed by atoms with van der Waals surface area (Å²) in [5, 5.41) is 5.87. The first-order valence-electron chi connectivity index (χ1n) is 7.86. The molecule has 0 saturated carbocycles. The predicted molar refractivity (Wildman–Crippen MR) is 89.4 cm³/mol. The summed E-state index contributed by atoms with van der Waals surface area (Å²) in [7, 11) is 0. The molecule has 1 atom stereocenters. The van der Waals surface area contributed by atoms with E-state index in [0.29, 0.717) is 6.04 Å². The zero-order chi connectivity index (χ0) is 14.5. The Balaban J connectivity index is 1.56. The highest BCUT2D eigenvalue weighted by Gasteiger charge is 2.20. The number of ether oxygens (including phenoxy) is 1. The van der Waals surface area contributed by atoms with Crippen molar-refractivity contribution in [3.05, 3.63) is 51.7 Å². The molecule has 0 bridgehead atoms. The van der Waals surface area contributed by atoms with E-state index in [1.54, 1.807) is 0 Å². The molecule has 112 valence electrons. The third-order valence-electron chi connectivity index (χ3n) is 4.12. The van der Waals surface area contributed by atoms with Crippen molar-refractivity contribution < 1.29 is 4.74 Å². The van der Waals surface area contributed by atoms with Gasteiger partial charge in [-0.3, -0.25) is 0 Å². The predicted octanol–water partition coefficient (Wildman–Crippen LogP) is 3.84. The Morgan fingerprint density at radius 3 is 3.05 bits per heavy atom. The SMILES string of the molecule is CCOc1cccc2c1CC[C@@H](NCCc1cccs1)C2. The number of nitrogens with one attached hydrogen (secondary N) is 1. The van der Waals surface area contributed by atoms with E-state index in [9.17, 15) is 0 Å². The lowest BCUT2D eigenvalue weighted by molar-refractivity contribution is 0.332. The fourth-order valence-electron chi connectivity index (χ4n) is 3.09. The Bertz CT molecular complexity index is 565. The summed E-state index contributed by atoms with van der Waals surface area (Å²) in [6, 6.07) is 11.4. The molecule has 1 N–H and O–H groups in total. The Morgan fingerprint density at radius 1 is 1.29 bits per heavy atom. The number of fused-ring (bicyclic) bond motifs is 1. The van der Waals surface area contributed by atoms with Crippen LogP contribution < -0.4 is 10.1 Å². The van der Waals surface area contributed by atoms with Gasteiger partial charge in [-0.05, 0) is 61.2 Å². The Morgan fingerprint density at radius 2 is 2.24 bits per heavy atom. The monoisotopic (exact) mass is 301 g/mol. The van der Waals surface area contributed by atoms with Crippen LogP contribution in [0, 0.1) is 0 Å². The van der Waals surface area contributed by atoms with Gasteiger partial charge in [-0.25, -0.2) is 0 Å². The number of benzene rings is 1. The van der Waals surface area contributed by atoms with Gasteiger partial charge in [0.15, 0.2) is 0 Å². The maximum atomic E-state index is 5.75. The Labute approximate surface area is 131 Å². The topological polar surface area (TPSA) is 21.3 Å². The fraction of sp³-hybridized carbons (Fsp3) is 0.444. The zero-order valence-electron chi connectivity index (χ0n) is 12.6. The van der Waals surface area contributed by atoms with Crippen molar-refractivity contribution in [2.24, 2.45) is 0 Å². The molecule has 3 rings (SSSR count). The molecular weight excluding hydrogens is 278 g/mol. The highest BCUT2D eigenvalue weighted by Crippen LogP contribution is 2.29. The van der Waals surface area contributed by atoms with E-state index in [1.165, 1.54) is 22.4 Å². The van der Waals surface area contributed by atoms with E-state index in [-0.39, 0.29) is 0 Å². The van der Waals surface area contributed by atoms with Crippen molar-refractivity contribution >= 4 is 11.3 Å². The Hall–Kier alpha value is -1.32. The van der Waals surface area contributed by atoms with Crippen molar-refractivity contribution in [2.75, 3.05) is 13.2 Å². The first-order valence-corrected chi connectivity index (χ1v) is 8.74. The van der Waals surface area contributed by atoms with E-state index < -0.39 is 0 Å². The quantitative estimate of drug-likeness (QED) is 0.875. The van der Waals surface area contributed by atoms with Crippen molar-refractivity contribution in [2.45, 2.75) is 38.6 Å². The number of hydrogen-bond donors (Lipinski definition) is 1. The molecule has 0 radical (unpaired) electrons. The van der Waals surface area contributed by atoms with Crippen LogP contribution in [0.3, 0.4) is 0 Å². The molecule has 21 heavy (non-hydrogen) atoms. The smallest absolute Gasteiger partial charge is 0.122 e. The van der Waals surface area contributed by atoms with Gasteiger partial charge in [0, 0.05) is 17.5 Å². The molecule has 3 heteroatoms. The van der Waals surface area contributed by atoms with Crippen molar-refractivity contribution in [1.82, 2.24) is 5.32 Å². The van der Waals surface area contributed by atoms with Crippen molar-refractivity contribution in [1.29, 1.82) is 0 Å². The average molecular weight is 301 g/mol. The van der Waals surface area contributed by atoms with Crippen molar-refractivity contribution in [3.63, 3.8) is 0 Å². The molecule has 2 nitrogen and oxygen atoms in total. The van der Waals surface area contributed by atoms with Gasteiger partial charge in [-0.15, -0.1) is 11.3 Å². The van der Waals surface area contributed by atoms with Gasteiger partial charge in [-0.2, -0.15) is 0 Å². The lowest BCUT2D eigenvalue weighted by atomic mass is 9.87. The van der Waals surface area contributed by atoms with Crippen LogP contribution in [0.15, 0.2) is 35.7 Å². The van der Waals surface area contributed by atoms with Crippen LogP contribution >= 0.6 is 11.3 Å². The number of thiophene rings is 1. The van der Waals surface area contributed by atoms with E-state index >= 15 is 0 Å². The van der Waals surface area contributed by atoms with E-state index in [0.717, 1.165) is 38.2 Å². The van der Waals surface area contributed by atoms with Crippen molar-refractivity contribution in [3.8, 4) is 5.75 Å². The van der Waals surface area contributed by atoms with Crippen LogP contribution in [0.1, 0.15) is 29.3 Å². The van der Waals surface area contributed by atoms with Gasteiger partial charge in [0.05, 0.1) is 6.61 Å². The highest BCUT2D eigenvalue weighted by molar-refractivity contribution is 7.09. The first kappa shape index (κ1) is 14.6. The minimum Gasteiger partial charge on any atom is -0.494 e. The molecule has 1 aliphatic carbocycles. The minimum atomic E-state index is 0.606. The standard InChI is InChI=1S/C18H23NOS/c1-2-20-18-7-3-5-14-13-15(8-9-17(14)18)19-11-10-16-6-4-12-21-16/h3-7,12,15,19H,2,8-11,13H2,1H3/t15-/m1/s1. The molecule has 1 aromatic carbocycles. The summed E-state index contributed by atoms with van der Waals surface area (Å²) in [6.45, 7) is 3.88. The van der Waals surface area contributed by atoms with Gasteiger partial charge in [0.2, 0.25) is 0 Å². The summed E-state index contributed by atoms with van der Waals surface area (Å²) in [5.41, 5.74) is 2.89. The summed E-state index contributed by atoms with van der Waals surface area (Å²) in [6.07, 6.45) is 4.60. The second-order valence-electron chi connectivity index (χ2n) is 5.55. The molecule has 2 aromatic rings. The van der Waals surface area contributed by atoms with Gasteiger partial charge >= 0.3 is 0 Å². The second-order valence-corrected chi connectivity index (χ2v) is 6.58. The van der Waals surface area contributed by atoms with Gasteiger partial charge in [-0.1, -0.05) is 18.2 Å². The van der Waals surface area contributed by atoms with Crippen LogP contribution in [-0.2, 0) is 19.3 Å². The van der Waals surface area contributed by atoms with E-state index in [2.05, 4.69) is 48.0 Å². The fourth-order valence-corrected chi connectivity index (χ4v) is 3.80. The van der Waals surface area contributed by atoms with E-state index in [4.69, 9.17) is 4.74 Å². The molecular formula is C18H23NOS. The number of hydrogen-bond acceptors (Lipinski definition) is 3. The van der Waals surface area contributed by atoms with E-state index in [1.807, 2.05) is 11.3 Å². The zero-order valence-corrected chi connectivity index (χ0v) is 13.4. The van der Waals surface area contributed by atoms with Gasteiger partial charge in [0.1, 0.15) is 5.75 Å². The highest BCUT2D eigenvalue weighted by atomic mass is 32.1. The van der Waals surface area contributed by atoms with Crippen LogP contribution in [0.2, 0.25) is 0 Å². The second kappa shape index (κ2) is 7.10. The van der Waals surface area contributed by atoms with Crippen LogP contribution in [-0.4, -0.2) is 19.2 Å². The maximum absolute atomic E-state index is 5.75. The van der Waals surface area contributed by atoms with Gasteiger partial charge in [0.25, 0.3) is 0 Å². The summed E-state index contributed by atoms with van der Waals surface area (Å²) in [5.74, 6) is 1.09. The molecule has 0 fully saturated rings. The largest absolute Gasteiger partial charge is 0.494 e. The number of rotatable bonds is 6. The molecule has 0 saturated heterocycles. The maximum Gasteiger partial charge on any atom is 0.122 e. The first-order chi connectivity index (χ1) is 10.4. The molecule has 1 aliphatic rings. The summed E-state index contributed by atoms with van der Waals surface area (Å²) < 4.78 is 5.75.